The van der Waals surface area contributed by atoms with Gasteiger partial charge in [0.2, 0.25) is 11.8 Å². The Balaban J connectivity index is 1.80. The first-order valence-electron chi connectivity index (χ1n) is 12.9. The topological polar surface area (TPSA) is 86.8 Å². The van der Waals surface area contributed by atoms with Gasteiger partial charge in [0.25, 0.3) is 10.0 Å². The number of likely N-dealkylation sites (N-methyl/N-ethyl adjacent to an activating group) is 1. The van der Waals surface area contributed by atoms with Crippen LogP contribution in [0.1, 0.15) is 11.1 Å². The predicted octanol–water partition coefficient (Wildman–Crippen LogP) is 6.34. The quantitative estimate of drug-likeness (QED) is 0.199. The number of sulfonamides is 1. The highest BCUT2D eigenvalue weighted by atomic mass is 79.9. The third-order valence-electron chi connectivity index (χ3n) is 6.57. The Morgan fingerprint density at radius 3 is 2.07 bits per heavy atom. The molecule has 0 aliphatic rings. The van der Waals surface area contributed by atoms with Crippen LogP contribution in [0.15, 0.2) is 112 Å². The highest BCUT2D eigenvalue weighted by Gasteiger charge is 2.35. The van der Waals surface area contributed by atoms with Crippen molar-refractivity contribution in [2.45, 2.75) is 23.9 Å². The van der Waals surface area contributed by atoms with E-state index in [1.807, 2.05) is 54.6 Å². The first-order valence-corrected chi connectivity index (χ1v) is 15.9. The highest BCUT2D eigenvalue weighted by molar-refractivity contribution is 9.10. The van der Waals surface area contributed by atoms with Crippen LogP contribution in [0.4, 0.5) is 5.69 Å². The number of amides is 2. The molecule has 0 aromatic heterocycles. The van der Waals surface area contributed by atoms with Gasteiger partial charge in [-0.25, -0.2) is 8.42 Å². The molecule has 0 saturated carbocycles. The van der Waals surface area contributed by atoms with Gasteiger partial charge < -0.3 is 10.2 Å². The fourth-order valence-corrected chi connectivity index (χ4v) is 6.70. The molecule has 4 aromatic rings. The summed E-state index contributed by atoms with van der Waals surface area (Å²) >= 11 is 16.0. The Hall–Kier alpha value is -3.37. The number of halogens is 3. The number of benzene rings is 4. The van der Waals surface area contributed by atoms with E-state index >= 15 is 0 Å². The Labute approximate surface area is 264 Å². The standard InChI is InChI=1S/C31H28BrCl2N3O4S/c1-35-31(39)29(18-22-8-4-2-5-9-22)36(20-23-12-14-24(32)15-13-23)30(38)21-37(28-17-16-25(33)19-27(28)34)42(40,41)26-10-6-3-7-11-26/h2-17,19,29H,18,20-21H2,1H3,(H,35,39)/t29-/m1/s1. The highest BCUT2D eigenvalue weighted by Crippen LogP contribution is 2.33. The first kappa shape index (κ1) is 31.6. The summed E-state index contributed by atoms with van der Waals surface area (Å²) in [6, 6.07) is 27.9. The van der Waals surface area contributed by atoms with E-state index in [-0.39, 0.29) is 34.5 Å². The molecule has 4 aromatic carbocycles. The molecular weight excluding hydrogens is 661 g/mol. The lowest BCUT2D eigenvalue weighted by molar-refractivity contribution is -0.139. The fourth-order valence-electron chi connectivity index (χ4n) is 4.42. The van der Waals surface area contributed by atoms with E-state index in [0.29, 0.717) is 5.02 Å². The molecule has 11 heteroatoms. The molecular formula is C31H28BrCl2N3O4S. The van der Waals surface area contributed by atoms with Crippen LogP contribution < -0.4 is 9.62 Å². The molecule has 0 spiro atoms. The second-order valence-corrected chi connectivity index (χ2v) is 13.0. The second kappa shape index (κ2) is 14.2. The minimum Gasteiger partial charge on any atom is -0.357 e. The van der Waals surface area contributed by atoms with Crippen molar-refractivity contribution >= 4 is 66.7 Å². The summed E-state index contributed by atoms with van der Waals surface area (Å²) < 4.78 is 29.7. The number of nitrogens with one attached hydrogen (secondary N) is 1. The minimum atomic E-state index is -4.26. The smallest absolute Gasteiger partial charge is 0.264 e. The molecule has 42 heavy (non-hydrogen) atoms. The summed E-state index contributed by atoms with van der Waals surface area (Å²) in [5.41, 5.74) is 1.69. The van der Waals surface area contributed by atoms with Gasteiger partial charge in [-0.3, -0.25) is 13.9 Å². The van der Waals surface area contributed by atoms with Crippen molar-refractivity contribution < 1.29 is 18.0 Å². The van der Waals surface area contributed by atoms with Crippen LogP contribution in [0.3, 0.4) is 0 Å². The molecule has 0 radical (unpaired) electrons. The van der Waals surface area contributed by atoms with E-state index in [4.69, 9.17) is 23.2 Å². The van der Waals surface area contributed by atoms with Crippen molar-refractivity contribution in [2.75, 3.05) is 17.9 Å². The summed E-state index contributed by atoms with van der Waals surface area (Å²) in [6.45, 7) is -0.554. The van der Waals surface area contributed by atoms with Crippen molar-refractivity contribution in [1.29, 1.82) is 0 Å². The summed E-state index contributed by atoms with van der Waals surface area (Å²) in [6.07, 6.45) is 0.218. The zero-order chi connectivity index (χ0) is 30.3. The predicted molar refractivity (Wildman–Crippen MR) is 170 cm³/mol. The number of anilines is 1. The van der Waals surface area contributed by atoms with Crippen molar-refractivity contribution in [3.8, 4) is 0 Å². The third kappa shape index (κ3) is 7.72. The van der Waals surface area contributed by atoms with Gasteiger partial charge in [0.05, 0.1) is 15.6 Å². The Bertz CT molecular complexity index is 1640. The van der Waals surface area contributed by atoms with Gasteiger partial charge in [0, 0.05) is 29.5 Å². The number of hydrogen-bond acceptors (Lipinski definition) is 4. The lowest BCUT2D eigenvalue weighted by Crippen LogP contribution is -2.53. The summed E-state index contributed by atoms with van der Waals surface area (Å²) in [5.74, 6) is -0.973. The molecule has 4 rings (SSSR count). The maximum atomic E-state index is 14.3. The van der Waals surface area contributed by atoms with Crippen LogP contribution in [-0.2, 0) is 32.6 Å². The van der Waals surface area contributed by atoms with Crippen LogP contribution in [0.2, 0.25) is 10.0 Å². The van der Waals surface area contributed by atoms with Gasteiger partial charge >= 0.3 is 0 Å². The number of carbonyl (C=O) groups is 2. The number of nitrogens with zero attached hydrogens (tertiary/aromatic N) is 2. The Kier molecular flexibility index (Phi) is 10.7. The van der Waals surface area contributed by atoms with E-state index in [0.717, 1.165) is 19.9 Å². The molecule has 0 aliphatic carbocycles. The van der Waals surface area contributed by atoms with Crippen LogP contribution in [0.5, 0.6) is 0 Å². The zero-order valence-corrected chi connectivity index (χ0v) is 26.5. The van der Waals surface area contributed by atoms with Crippen LogP contribution in [0.25, 0.3) is 0 Å². The van der Waals surface area contributed by atoms with Crippen LogP contribution in [-0.4, -0.2) is 44.8 Å². The van der Waals surface area contributed by atoms with Crippen LogP contribution >= 0.6 is 39.1 Å². The molecule has 218 valence electrons. The number of rotatable bonds is 11. The van der Waals surface area contributed by atoms with Gasteiger partial charge in [0.15, 0.2) is 0 Å². The fraction of sp³-hybridized carbons (Fsp3) is 0.161. The Morgan fingerprint density at radius 2 is 1.48 bits per heavy atom. The van der Waals surface area contributed by atoms with Gasteiger partial charge in [0.1, 0.15) is 12.6 Å². The van der Waals surface area contributed by atoms with E-state index in [1.165, 1.54) is 42.3 Å². The van der Waals surface area contributed by atoms with Crippen molar-refractivity contribution in [3.63, 3.8) is 0 Å². The SMILES string of the molecule is CNC(=O)[C@@H](Cc1ccccc1)N(Cc1ccc(Br)cc1)C(=O)CN(c1ccc(Cl)cc1Cl)S(=O)(=O)c1ccccc1. The largest absolute Gasteiger partial charge is 0.357 e. The number of hydrogen-bond donors (Lipinski definition) is 1. The first-order chi connectivity index (χ1) is 20.1. The molecule has 1 atom stereocenters. The molecule has 2 amide bonds. The molecule has 1 N–H and O–H groups in total. The second-order valence-electron chi connectivity index (χ2n) is 9.39. The zero-order valence-electron chi connectivity index (χ0n) is 22.6. The summed E-state index contributed by atoms with van der Waals surface area (Å²) in [5, 5.41) is 3.03. The van der Waals surface area contributed by atoms with Gasteiger partial charge in [-0.1, -0.05) is 99.8 Å². The Morgan fingerprint density at radius 1 is 0.857 bits per heavy atom. The molecule has 0 saturated heterocycles. The van der Waals surface area contributed by atoms with Gasteiger partial charge in [-0.2, -0.15) is 0 Å². The molecule has 0 bridgehead atoms. The summed E-state index contributed by atoms with van der Waals surface area (Å²) in [4.78, 5) is 29.0. The van der Waals surface area contributed by atoms with E-state index < -0.39 is 28.5 Å². The van der Waals surface area contributed by atoms with E-state index in [2.05, 4.69) is 21.2 Å². The molecule has 0 aliphatic heterocycles. The summed E-state index contributed by atoms with van der Waals surface area (Å²) in [7, 11) is -2.75. The molecule has 0 heterocycles. The van der Waals surface area contributed by atoms with Gasteiger partial charge in [-0.05, 0) is 53.6 Å². The molecule has 0 unspecified atom stereocenters. The number of carbonyl (C=O) groups excluding carboxylic acids is 2. The van der Waals surface area contributed by atoms with E-state index in [9.17, 15) is 18.0 Å². The van der Waals surface area contributed by atoms with Crippen molar-refractivity contribution in [1.82, 2.24) is 10.2 Å². The monoisotopic (exact) mass is 687 g/mol. The van der Waals surface area contributed by atoms with E-state index in [1.54, 1.807) is 18.2 Å². The third-order valence-corrected chi connectivity index (χ3v) is 9.41. The lowest BCUT2D eigenvalue weighted by Gasteiger charge is -2.33. The van der Waals surface area contributed by atoms with Crippen molar-refractivity contribution in [3.05, 3.63) is 129 Å². The molecule has 7 nitrogen and oxygen atoms in total. The maximum absolute atomic E-state index is 14.3. The average Bonchev–Trinajstić information content (AvgIpc) is 2.99. The van der Waals surface area contributed by atoms with Gasteiger partial charge in [-0.15, -0.1) is 0 Å². The van der Waals surface area contributed by atoms with Crippen molar-refractivity contribution in [2.24, 2.45) is 0 Å². The minimum absolute atomic E-state index is 0.0181. The average molecular weight is 689 g/mol. The lowest BCUT2D eigenvalue weighted by atomic mass is 10.0. The molecule has 0 fully saturated rings. The van der Waals surface area contributed by atoms with Crippen LogP contribution in [0, 0.1) is 0 Å². The normalized spacial score (nSPS) is 11.9. The maximum Gasteiger partial charge on any atom is 0.264 e.